The molecule has 8 nitrogen and oxygen atoms in total. The van der Waals surface area contributed by atoms with E-state index >= 15 is 0 Å². The molecule has 3 aromatic heterocycles. The van der Waals surface area contributed by atoms with E-state index in [-0.39, 0.29) is 35.9 Å². The lowest BCUT2D eigenvalue weighted by Gasteiger charge is -2.31. The molecule has 0 spiro atoms. The zero-order chi connectivity index (χ0) is 22.5. The van der Waals surface area contributed by atoms with Crippen molar-refractivity contribution in [2.75, 3.05) is 5.32 Å². The molecule has 0 bridgehead atoms. The van der Waals surface area contributed by atoms with Gasteiger partial charge in [0.05, 0.1) is 18.5 Å². The van der Waals surface area contributed by atoms with Gasteiger partial charge in [-0.05, 0) is 24.3 Å². The number of rotatable bonds is 4. The number of nitrogens with one attached hydrogen (secondary N) is 1. The van der Waals surface area contributed by atoms with Crippen LogP contribution in [-0.2, 0) is 0 Å². The summed E-state index contributed by atoms with van der Waals surface area (Å²) in [6.07, 6.45) is 2.07. The third kappa shape index (κ3) is 3.45. The van der Waals surface area contributed by atoms with Gasteiger partial charge in [0, 0.05) is 30.5 Å². The van der Waals surface area contributed by atoms with Gasteiger partial charge in [0.15, 0.2) is 0 Å². The molecule has 3 heterocycles. The number of fused-ring (bicyclic) bond motifs is 1. The highest BCUT2D eigenvalue weighted by molar-refractivity contribution is 6.03. The van der Waals surface area contributed by atoms with Crippen molar-refractivity contribution in [3.05, 3.63) is 71.5 Å². The Morgan fingerprint density at radius 3 is 2.84 bits per heavy atom. The molecule has 0 aliphatic heterocycles. The van der Waals surface area contributed by atoms with Gasteiger partial charge in [-0.15, -0.1) is 0 Å². The van der Waals surface area contributed by atoms with Gasteiger partial charge in [0.1, 0.15) is 17.2 Å². The minimum Gasteiger partial charge on any atom is -0.339 e. The molecule has 1 aliphatic carbocycles. The van der Waals surface area contributed by atoms with Crippen LogP contribution in [0.5, 0.6) is 0 Å². The summed E-state index contributed by atoms with van der Waals surface area (Å²) in [6, 6.07) is 7.02. The van der Waals surface area contributed by atoms with Crippen LogP contribution in [0.25, 0.3) is 21.9 Å². The Hall–Kier alpha value is -4.20. The zero-order valence-electron chi connectivity index (χ0n) is 16.2. The fraction of sp³-hybridized carbons (Fsp3) is 0.190. The maximum atomic E-state index is 14.4. The minimum absolute atomic E-state index is 0.0992. The predicted octanol–water partition coefficient (Wildman–Crippen LogP) is 4.84. The number of nitrogens with zero attached hydrogens (tertiary/aromatic N) is 5. The quantitative estimate of drug-likeness (QED) is 0.461. The first-order chi connectivity index (χ1) is 15.3. The molecule has 5 rings (SSSR count). The Bertz CT molecular complexity index is 1400. The zero-order valence-corrected chi connectivity index (χ0v) is 16.2. The highest BCUT2D eigenvalue weighted by Gasteiger charge is 2.48. The van der Waals surface area contributed by atoms with Crippen LogP contribution in [-0.4, -0.2) is 31.4 Å². The lowest BCUT2D eigenvalue weighted by atomic mass is 9.81. The van der Waals surface area contributed by atoms with Crippen molar-refractivity contribution in [1.82, 2.24) is 19.5 Å². The Balaban J connectivity index is 1.40. The van der Waals surface area contributed by atoms with Gasteiger partial charge in [0.25, 0.3) is 5.91 Å². The monoisotopic (exact) mass is 438 g/mol. The first-order valence-electron chi connectivity index (χ1n) is 9.50. The van der Waals surface area contributed by atoms with E-state index < -0.39 is 23.6 Å². The fourth-order valence-electron chi connectivity index (χ4n) is 3.50. The van der Waals surface area contributed by atoms with Crippen molar-refractivity contribution in [2.24, 2.45) is 0 Å². The molecule has 1 amide bonds. The van der Waals surface area contributed by atoms with E-state index in [2.05, 4.69) is 25.3 Å². The molecular weight excluding hydrogens is 425 g/mol. The lowest BCUT2D eigenvalue weighted by molar-refractivity contribution is -0.0925. The van der Waals surface area contributed by atoms with Crippen molar-refractivity contribution in [3.63, 3.8) is 0 Å². The van der Waals surface area contributed by atoms with Crippen LogP contribution in [0.1, 0.15) is 35.1 Å². The number of carbonyl (C=O) groups excluding carboxylic acids is 1. The smallest absolute Gasteiger partial charge is 0.274 e. The summed E-state index contributed by atoms with van der Waals surface area (Å²) in [5.74, 6) is -4.37. The third-order valence-electron chi connectivity index (χ3n) is 5.21. The van der Waals surface area contributed by atoms with Crippen LogP contribution in [0.3, 0.4) is 0 Å². The van der Waals surface area contributed by atoms with Crippen molar-refractivity contribution in [3.8, 4) is 11.4 Å². The Morgan fingerprint density at radius 1 is 1.28 bits per heavy atom. The van der Waals surface area contributed by atoms with Crippen molar-refractivity contribution in [2.45, 2.75) is 24.7 Å². The SMILES string of the molecule is [C-]#[N+]c1ccc2ncc(C(=O)Nc3cc(-c4noc(C5CC(F)(F)C5)n4)ccc3F)n2c1. The van der Waals surface area contributed by atoms with E-state index in [0.29, 0.717) is 16.9 Å². The topological polar surface area (TPSA) is 89.7 Å². The van der Waals surface area contributed by atoms with E-state index in [4.69, 9.17) is 11.1 Å². The summed E-state index contributed by atoms with van der Waals surface area (Å²) in [6.45, 7) is 7.11. The van der Waals surface area contributed by atoms with E-state index in [9.17, 15) is 18.0 Å². The van der Waals surface area contributed by atoms with E-state index in [1.54, 1.807) is 12.1 Å². The molecule has 160 valence electrons. The highest BCUT2D eigenvalue weighted by atomic mass is 19.3. The molecule has 1 N–H and O–H groups in total. The molecule has 32 heavy (non-hydrogen) atoms. The minimum atomic E-state index is -2.72. The Labute approximate surface area is 178 Å². The average molecular weight is 438 g/mol. The van der Waals surface area contributed by atoms with E-state index in [0.717, 1.165) is 6.07 Å². The van der Waals surface area contributed by atoms with Crippen LogP contribution in [0.4, 0.5) is 24.5 Å². The summed E-state index contributed by atoms with van der Waals surface area (Å²) in [7, 11) is 0. The Kier molecular flexibility index (Phi) is 4.44. The number of halogens is 3. The van der Waals surface area contributed by atoms with Gasteiger partial charge in [-0.25, -0.2) is 23.0 Å². The molecule has 0 unspecified atom stereocenters. The van der Waals surface area contributed by atoms with Gasteiger partial charge in [-0.3, -0.25) is 4.79 Å². The standard InChI is InChI=1S/C21H13F3N6O2/c1-25-13-3-5-17-26-9-16(30(17)10-13)19(31)27-15-6-11(2-4-14(15)22)18-28-20(32-29-18)12-7-21(23,24)8-12/h2-6,9-10,12H,7-8H2,(H,27,31). The summed E-state index contributed by atoms with van der Waals surface area (Å²) >= 11 is 0. The number of aromatic nitrogens is 4. The number of benzene rings is 1. The van der Waals surface area contributed by atoms with Gasteiger partial charge < -0.3 is 14.2 Å². The number of pyridine rings is 1. The van der Waals surface area contributed by atoms with Crippen LogP contribution < -0.4 is 5.32 Å². The second-order valence-electron chi connectivity index (χ2n) is 7.44. The van der Waals surface area contributed by atoms with Crippen LogP contribution in [0, 0.1) is 12.4 Å². The first kappa shape index (κ1) is 19.7. The molecule has 1 fully saturated rings. The van der Waals surface area contributed by atoms with Gasteiger partial charge in [0.2, 0.25) is 23.3 Å². The second kappa shape index (κ2) is 7.19. The summed E-state index contributed by atoms with van der Waals surface area (Å²) in [4.78, 5) is 24.3. The molecule has 1 aromatic carbocycles. The number of anilines is 1. The molecule has 0 atom stereocenters. The first-order valence-corrected chi connectivity index (χ1v) is 9.50. The average Bonchev–Trinajstić information content (AvgIpc) is 3.40. The number of carbonyl (C=O) groups is 1. The highest BCUT2D eigenvalue weighted by Crippen LogP contribution is 2.47. The van der Waals surface area contributed by atoms with Crippen molar-refractivity contribution < 1.29 is 22.5 Å². The van der Waals surface area contributed by atoms with Gasteiger partial charge in [-0.1, -0.05) is 11.2 Å². The maximum absolute atomic E-state index is 14.4. The normalized spacial score (nSPS) is 15.3. The molecule has 0 saturated heterocycles. The largest absolute Gasteiger partial charge is 0.339 e. The van der Waals surface area contributed by atoms with E-state index in [1.807, 2.05) is 0 Å². The number of hydrogen-bond acceptors (Lipinski definition) is 5. The number of imidazole rings is 1. The lowest BCUT2D eigenvalue weighted by Crippen LogP contribution is -2.33. The number of hydrogen-bond donors (Lipinski definition) is 1. The number of alkyl halides is 2. The molecule has 1 aliphatic rings. The number of amides is 1. The molecule has 4 aromatic rings. The van der Waals surface area contributed by atoms with Crippen LogP contribution in [0.2, 0.25) is 0 Å². The molecule has 11 heteroatoms. The van der Waals surface area contributed by atoms with Crippen LogP contribution >= 0.6 is 0 Å². The fourth-order valence-corrected chi connectivity index (χ4v) is 3.50. The summed E-state index contributed by atoms with van der Waals surface area (Å²) < 4.78 is 47.1. The third-order valence-corrected chi connectivity index (χ3v) is 5.21. The van der Waals surface area contributed by atoms with Gasteiger partial charge in [-0.2, -0.15) is 4.98 Å². The maximum Gasteiger partial charge on any atom is 0.274 e. The van der Waals surface area contributed by atoms with E-state index in [1.165, 1.54) is 28.9 Å². The molecule has 0 radical (unpaired) electrons. The summed E-state index contributed by atoms with van der Waals surface area (Å²) in [5.41, 5.74) is 1.09. The predicted molar refractivity (Wildman–Crippen MR) is 106 cm³/mol. The molecule has 1 saturated carbocycles. The van der Waals surface area contributed by atoms with Crippen molar-refractivity contribution in [1.29, 1.82) is 0 Å². The van der Waals surface area contributed by atoms with Crippen LogP contribution in [0.15, 0.2) is 47.2 Å². The van der Waals surface area contributed by atoms with Gasteiger partial charge >= 0.3 is 0 Å². The molecular formula is C21H13F3N6O2. The Morgan fingerprint density at radius 2 is 2.09 bits per heavy atom. The second-order valence-corrected chi connectivity index (χ2v) is 7.44. The summed E-state index contributed by atoms with van der Waals surface area (Å²) in [5, 5.41) is 6.27. The van der Waals surface area contributed by atoms with Crippen molar-refractivity contribution >= 4 is 22.9 Å².